The van der Waals surface area contributed by atoms with Crippen molar-refractivity contribution >= 4 is 29.3 Å². The minimum absolute atomic E-state index is 0.0748. The van der Waals surface area contributed by atoms with Gasteiger partial charge in [0.1, 0.15) is 11.5 Å². The first kappa shape index (κ1) is 19.1. The van der Waals surface area contributed by atoms with E-state index in [1.165, 1.54) is 36.4 Å². The molecule has 0 atom stereocenters. The van der Waals surface area contributed by atoms with Crippen molar-refractivity contribution < 1.29 is 18.9 Å². The molecule has 0 aliphatic rings. The number of hydrogen-bond acceptors (Lipinski definition) is 5. The summed E-state index contributed by atoms with van der Waals surface area (Å²) in [5, 5.41) is 11.1. The van der Waals surface area contributed by atoms with E-state index in [1.54, 1.807) is 18.3 Å². The number of amides is 2. The van der Waals surface area contributed by atoms with Crippen LogP contribution in [0.25, 0.3) is 0 Å². The number of nitro groups is 1. The second-order valence-corrected chi connectivity index (χ2v) is 6.55. The van der Waals surface area contributed by atoms with Crippen molar-refractivity contribution in [1.82, 2.24) is 15.8 Å². The number of halogens is 1. The molecule has 3 rings (SSSR count). The Morgan fingerprint density at radius 3 is 2.43 bits per heavy atom. The van der Waals surface area contributed by atoms with E-state index in [4.69, 9.17) is 0 Å². The molecule has 8 nitrogen and oxygen atoms in total. The number of carbonyl (C=O) groups is 2. The predicted molar refractivity (Wildman–Crippen MR) is 99.3 cm³/mol. The van der Waals surface area contributed by atoms with Gasteiger partial charge in [0.25, 0.3) is 17.5 Å². The molecule has 0 fully saturated rings. The Morgan fingerprint density at radius 1 is 1.00 bits per heavy atom. The number of aromatic amines is 1. The fourth-order valence-corrected chi connectivity index (χ4v) is 3.21. The lowest BCUT2D eigenvalue weighted by Crippen LogP contribution is -2.42. The number of hydrazine groups is 1. The number of nitrogens with one attached hydrogen (secondary N) is 3. The van der Waals surface area contributed by atoms with Gasteiger partial charge in [0, 0.05) is 28.1 Å². The first-order valence-corrected chi connectivity index (χ1v) is 8.72. The van der Waals surface area contributed by atoms with Crippen LogP contribution in [0.4, 0.5) is 10.1 Å². The lowest BCUT2D eigenvalue weighted by atomic mass is 10.2. The van der Waals surface area contributed by atoms with E-state index >= 15 is 0 Å². The molecule has 0 radical (unpaired) electrons. The Bertz CT molecular complexity index is 1040. The van der Waals surface area contributed by atoms with Gasteiger partial charge in [0.15, 0.2) is 0 Å². The number of nitrogens with zero attached hydrogens (tertiary/aromatic N) is 1. The summed E-state index contributed by atoms with van der Waals surface area (Å²) in [7, 11) is 0. The molecule has 142 valence electrons. The molecule has 2 aromatic carbocycles. The van der Waals surface area contributed by atoms with E-state index < -0.39 is 22.6 Å². The lowest BCUT2D eigenvalue weighted by molar-refractivity contribution is -0.384. The molecule has 0 saturated carbocycles. The van der Waals surface area contributed by atoms with Gasteiger partial charge in [0.2, 0.25) is 0 Å². The molecule has 3 N–H and O–H groups in total. The fraction of sp³-hybridized carbons (Fsp3) is 0. The highest BCUT2D eigenvalue weighted by Crippen LogP contribution is 2.33. The minimum atomic E-state index is -0.776. The molecule has 0 aliphatic carbocycles. The van der Waals surface area contributed by atoms with Crippen molar-refractivity contribution in [1.29, 1.82) is 0 Å². The second-order valence-electron chi connectivity index (χ2n) is 5.46. The lowest BCUT2D eigenvalue weighted by Gasteiger charge is -2.11. The molecule has 0 unspecified atom stereocenters. The maximum atomic E-state index is 13.9. The smallest absolute Gasteiger partial charge is 0.286 e. The Balaban J connectivity index is 1.85. The molecular weight excluding hydrogens is 387 g/mol. The first-order valence-electron chi connectivity index (χ1n) is 7.90. The fourth-order valence-electron chi connectivity index (χ4n) is 2.26. The average Bonchev–Trinajstić information content (AvgIpc) is 3.22. The van der Waals surface area contributed by atoms with Gasteiger partial charge in [-0.15, -0.1) is 0 Å². The van der Waals surface area contributed by atoms with Gasteiger partial charge in [-0.25, -0.2) is 4.39 Å². The summed E-state index contributed by atoms with van der Waals surface area (Å²) in [6.45, 7) is 0. The third kappa shape index (κ3) is 4.35. The number of carbonyl (C=O) groups excluding carboxylic acids is 2. The van der Waals surface area contributed by atoms with Gasteiger partial charge in [-0.3, -0.25) is 30.6 Å². The number of aromatic nitrogens is 1. The molecule has 0 spiro atoms. The average molecular weight is 400 g/mol. The Kier molecular flexibility index (Phi) is 5.70. The van der Waals surface area contributed by atoms with Crippen molar-refractivity contribution in [3.05, 3.63) is 88.0 Å². The molecule has 0 aliphatic heterocycles. The normalized spacial score (nSPS) is 10.3. The standard InChI is InChI=1S/C18H13FN4O4S/c19-13-4-1-2-6-16(13)28-15-8-7-11(23(26)27)10-12(15)17(24)21-22-18(25)14-5-3-9-20-14/h1-10,20H,(H,21,24)(H,22,25). The van der Waals surface area contributed by atoms with Crippen molar-refractivity contribution in [2.45, 2.75) is 9.79 Å². The van der Waals surface area contributed by atoms with E-state index in [-0.39, 0.29) is 21.8 Å². The van der Waals surface area contributed by atoms with Gasteiger partial charge < -0.3 is 4.98 Å². The summed E-state index contributed by atoms with van der Waals surface area (Å²) in [5.74, 6) is -1.85. The quantitative estimate of drug-likeness (QED) is 0.449. The molecule has 3 aromatic rings. The number of hydrogen-bond donors (Lipinski definition) is 3. The van der Waals surface area contributed by atoms with E-state index in [0.29, 0.717) is 4.90 Å². The number of H-pyrrole nitrogens is 1. The summed E-state index contributed by atoms with van der Waals surface area (Å²) in [5.41, 5.74) is 4.26. The van der Waals surface area contributed by atoms with Gasteiger partial charge in [-0.05, 0) is 30.3 Å². The third-order valence-electron chi connectivity index (χ3n) is 3.61. The van der Waals surface area contributed by atoms with Crippen LogP contribution in [0, 0.1) is 15.9 Å². The molecule has 28 heavy (non-hydrogen) atoms. The zero-order chi connectivity index (χ0) is 20.1. The van der Waals surface area contributed by atoms with Crippen molar-refractivity contribution in [2.75, 3.05) is 0 Å². The zero-order valence-electron chi connectivity index (χ0n) is 14.1. The van der Waals surface area contributed by atoms with E-state index in [9.17, 15) is 24.1 Å². The van der Waals surface area contributed by atoms with Crippen LogP contribution in [0.1, 0.15) is 20.8 Å². The highest BCUT2D eigenvalue weighted by atomic mass is 32.2. The molecule has 1 heterocycles. The van der Waals surface area contributed by atoms with Crippen LogP contribution in [0.3, 0.4) is 0 Å². The van der Waals surface area contributed by atoms with Gasteiger partial charge in [0.05, 0.1) is 10.5 Å². The molecule has 1 aromatic heterocycles. The summed E-state index contributed by atoms with van der Waals surface area (Å²) in [6, 6.07) is 12.7. The van der Waals surface area contributed by atoms with Crippen LogP contribution in [0.5, 0.6) is 0 Å². The van der Waals surface area contributed by atoms with E-state index in [2.05, 4.69) is 15.8 Å². The van der Waals surface area contributed by atoms with Gasteiger partial charge in [-0.1, -0.05) is 23.9 Å². The summed E-state index contributed by atoms with van der Waals surface area (Å²) in [4.78, 5) is 38.1. The highest BCUT2D eigenvalue weighted by Gasteiger charge is 2.19. The first-order chi connectivity index (χ1) is 13.5. The van der Waals surface area contributed by atoms with Crippen LogP contribution in [-0.4, -0.2) is 21.7 Å². The highest BCUT2D eigenvalue weighted by molar-refractivity contribution is 7.99. The van der Waals surface area contributed by atoms with Crippen LogP contribution >= 0.6 is 11.8 Å². The van der Waals surface area contributed by atoms with Gasteiger partial charge >= 0.3 is 0 Å². The molecule has 0 saturated heterocycles. The van der Waals surface area contributed by atoms with Crippen LogP contribution < -0.4 is 10.9 Å². The number of benzene rings is 2. The van der Waals surface area contributed by atoms with E-state index in [1.807, 2.05) is 0 Å². The van der Waals surface area contributed by atoms with Crippen molar-refractivity contribution in [3.8, 4) is 0 Å². The Hall–Kier alpha value is -3.66. The Labute approximate surface area is 162 Å². The summed E-state index contributed by atoms with van der Waals surface area (Å²) in [6.07, 6.45) is 1.54. The maximum absolute atomic E-state index is 13.9. The second kappa shape index (κ2) is 8.35. The number of non-ortho nitro benzene ring substituents is 1. The van der Waals surface area contributed by atoms with Crippen LogP contribution in [0.15, 0.2) is 70.6 Å². The maximum Gasteiger partial charge on any atom is 0.286 e. The van der Waals surface area contributed by atoms with Crippen molar-refractivity contribution in [2.24, 2.45) is 0 Å². The minimum Gasteiger partial charge on any atom is -0.357 e. The summed E-state index contributed by atoms with van der Waals surface area (Å²) >= 11 is 0.944. The Morgan fingerprint density at radius 2 is 1.75 bits per heavy atom. The number of rotatable bonds is 5. The zero-order valence-corrected chi connectivity index (χ0v) is 15.0. The molecule has 2 amide bonds. The SMILES string of the molecule is O=C(NNC(=O)c1cc([N+](=O)[O-])ccc1Sc1ccccc1F)c1ccc[nH]1. The van der Waals surface area contributed by atoms with Gasteiger partial charge in [-0.2, -0.15) is 0 Å². The van der Waals surface area contributed by atoms with E-state index in [0.717, 1.165) is 17.8 Å². The third-order valence-corrected chi connectivity index (χ3v) is 4.73. The van der Waals surface area contributed by atoms with Crippen LogP contribution in [-0.2, 0) is 0 Å². The molecular formula is C18H13FN4O4S. The molecule has 0 bridgehead atoms. The monoisotopic (exact) mass is 400 g/mol. The topological polar surface area (TPSA) is 117 Å². The number of nitro benzene ring substituents is 1. The molecule has 10 heteroatoms. The summed E-state index contributed by atoms with van der Waals surface area (Å²) < 4.78 is 13.9. The van der Waals surface area contributed by atoms with Crippen LogP contribution in [0.2, 0.25) is 0 Å². The predicted octanol–water partition coefficient (Wildman–Crippen LogP) is 3.29. The largest absolute Gasteiger partial charge is 0.357 e. The van der Waals surface area contributed by atoms with Crippen molar-refractivity contribution in [3.63, 3.8) is 0 Å².